The summed E-state index contributed by atoms with van der Waals surface area (Å²) in [5.41, 5.74) is 4.65. The quantitative estimate of drug-likeness (QED) is 0.286. The van der Waals surface area contributed by atoms with Crippen LogP contribution in [0.15, 0.2) is 53.9 Å². The molecule has 34 heavy (non-hydrogen) atoms. The zero-order valence-electron chi connectivity index (χ0n) is 18.9. The molecule has 172 valence electrons. The van der Waals surface area contributed by atoms with Gasteiger partial charge in [-0.15, -0.1) is 21.5 Å². The standard InChI is InChI=1S/C25H23N5O2S2/c1-15-7-3-4-10-19(15)30-23(17-8-6-12-26-13-17)28-29-25(30)33-14-21(32)27-24-22(16(2)31)18-9-5-11-20(18)34-24/h3-4,6-8,10,12-13H,5,9,11,14H2,1-2H3,(H,27,32). The smallest absolute Gasteiger partial charge is 0.235 e. The van der Waals surface area contributed by atoms with Gasteiger partial charge in [-0.05, 0) is 62.4 Å². The van der Waals surface area contributed by atoms with Crippen LogP contribution in [-0.4, -0.2) is 37.2 Å². The number of para-hydroxylation sites is 1. The molecule has 0 saturated heterocycles. The van der Waals surface area contributed by atoms with Crippen molar-refractivity contribution in [3.05, 3.63) is 70.4 Å². The van der Waals surface area contributed by atoms with Gasteiger partial charge in [0.2, 0.25) is 5.91 Å². The van der Waals surface area contributed by atoms with Gasteiger partial charge in [0.15, 0.2) is 16.8 Å². The van der Waals surface area contributed by atoms with E-state index in [2.05, 4.69) is 20.5 Å². The zero-order valence-corrected chi connectivity index (χ0v) is 20.5. The van der Waals surface area contributed by atoms with Crippen molar-refractivity contribution < 1.29 is 9.59 Å². The molecule has 5 rings (SSSR count). The Hall–Kier alpha value is -3.30. The number of fused-ring (bicyclic) bond motifs is 1. The highest BCUT2D eigenvalue weighted by Gasteiger charge is 2.26. The zero-order chi connectivity index (χ0) is 23.7. The summed E-state index contributed by atoms with van der Waals surface area (Å²) in [4.78, 5) is 30.5. The van der Waals surface area contributed by atoms with Crippen LogP contribution >= 0.6 is 23.1 Å². The number of aromatic nitrogens is 4. The summed E-state index contributed by atoms with van der Waals surface area (Å²) in [7, 11) is 0. The van der Waals surface area contributed by atoms with Crippen molar-refractivity contribution in [1.29, 1.82) is 0 Å². The van der Waals surface area contributed by atoms with Crippen molar-refractivity contribution in [1.82, 2.24) is 19.7 Å². The third-order valence-electron chi connectivity index (χ3n) is 5.77. The van der Waals surface area contributed by atoms with Crippen LogP contribution in [0, 0.1) is 6.92 Å². The van der Waals surface area contributed by atoms with Crippen molar-refractivity contribution in [2.45, 2.75) is 38.3 Å². The van der Waals surface area contributed by atoms with Crippen LogP contribution < -0.4 is 5.32 Å². The molecule has 4 aromatic rings. The molecule has 0 saturated carbocycles. The fraction of sp³-hybridized carbons (Fsp3) is 0.240. The Balaban J connectivity index is 1.40. The van der Waals surface area contributed by atoms with E-state index >= 15 is 0 Å². The summed E-state index contributed by atoms with van der Waals surface area (Å²) < 4.78 is 1.96. The van der Waals surface area contributed by atoms with Gasteiger partial charge >= 0.3 is 0 Å². The summed E-state index contributed by atoms with van der Waals surface area (Å²) in [6, 6.07) is 11.8. The highest BCUT2D eigenvalue weighted by Crippen LogP contribution is 2.39. The van der Waals surface area contributed by atoms with Crippen molar-refractivity contribution in [2.75, 3.05) is 11.1 Å². The van der Waals surface area contributed by atoms with Gasteiger partial charge in [-0.2, -0.15) is 0 Å². The van der Waals surface area contributed by atoms with E-state index in [1.807, 2.05) is 47.9 Å². The number of anilines is 1. The van der Waals surface area contributed by atoms with Gasteiger partial charge in [-0.3, -0.25) is 19.1 Å². The molecule has 9 heteroatoms. The number of carbonyl (C=O) groups excluding carboxylic acids is 2. The third kappa shape index (κ3) is 4.28. The van der Waals surface area contributed by atoms with E-state index in [4.69, 9.17) is 0 Å². The first kappa shape index (κ1) is 22.5. The summed E-state index contributed by atoms with van der Waals surface area (Å²) >= 11 is 2.84. The lowest BCUT2D eigenvalue weighted by atomic mass is 10.1. The number of hydrogen-bond acceptors (Lipinski definition) is 7. The molecule has 0 radical (unpaired) electrons. The number of amides is 1. The average molecular weight is 490 g/mol. The van der Waals surface area contributed by atoms with Gasteiger partial charge in [-0.1, -0.05) is 30.0 Å². The van der Waals surface area contributed by atoms with E-state index < -0.39 is 0 Å². The lowest BCUT2D eigenvalue weighted by molar-refractivity contribution is -0.113. The number of ketones is 1. The maximum Gasteiger partial charge on any atom is 0.235 e. The Labute approximate surface area is 205 Å². The van der Waals surface area contributed by atoms with Gasteiger partial charge in [-0.25, -0.2) is 0 Å². The number of Topliss-reactive ketones (excluding diaryl/α,β-unsaturated/α-hetero) is 1. The second-order valence-corrected chi connectivity index (χ2v) is 10.2. The summed E-state index contributed by atoms with van der Waals surface area (Å²) in [5, 5.41) is 13.1. The number of carbonyl (C=O) groups is 2. The molecule has 1 N–H and O–H groups in total. The number of rotatable bonds is 7. The van der Waals surface area contributed by atoms with Crippen LogP contribution in [0.25, 0.3) is 17.1 Å². The molecule has 1 amide bonds. The fourth-order valence-corrected chi connectivity index (χ4v) is 6.33. The van der Waals surface area contributed by atoms with Crippen molar-refractivity contribution in [3.63, 3.8) is 0 Å². The normalized spacial score (nSPS) is 12.5. The van der Waals surface area contributed by atoms with E-state index in [0.717, 1.165) is 41.6 Å². The largest absolute Gasteiger partial charge is 0.316 e. The predicted octanol–water partition coefficient (Wildman–Crippen LogP) is 5.12. The van der Waals surface area contributed by atoms with Gasteiger partial charge in [0.1, 0.15) is 5.00 Å². The highest BCUT2D eigenvalue weighted by atomic mass is 32.2. The number of thioether (sulfide) groups is 1. The fourth-order valence-electron chi connectivity index (χ4n) is 4.23. The summed E-state index contributed by atoms with van der Waals surface area (Å²) in [6.45, 7) is 3.60. The first-order chi connectivity index (χ1) is 16.5. The van der Waals surface area contributed by atoms with Crippen molar-refractivity contribution >= 4 is 39.8 Å². The van der Waals surface area contributed by atoms with Crippen LogP contribution in [0.4, 0.5) is 5.00 Å². The number of nitrogens with zero attached hydrogens (tertiary/aromatic N) is 4. The monoisotopic (exact) mass is 489 g/mol. The van der Waals surface area contributed by atoms with Crippen molar-refractivity contribution in [2.24, 2.45) is 0 Å². The molecule has 0 spiro atoms. The maximum absolute atomic E-state index is 12.9. The molecule has 1 aliphatic rings. The highest BCUT2D eigenvalue weighted by molar-refractivity contribution is 7.99. The topological polar surface area (TPSA) is 89.8 Å². The average Bonchev–Trinajstić information content (AvgIpc) is 3.53. The minimum absolute atomic E-state index is 0.00256. The van der Waals surface area contributed by atoms with Gasteiger partial charge in [0, 0.05) is 22.8 Å². The second-order valence-electron chi connectivity index (χ2n) is 8.12. The number of hydrogen-bond donors (Lipinski definition) is 1. The summed E-state index contributed by atoms with van der Waals surface area (Å²) in [6.07, 6.45) is 6.41. The van der Waals surface area contributed by atoms with Crippen LogP contribution in [-0.2, 0) is 17.6 Å². The molecule has 1 aromatic carbocycles. The van der Waals surface area contributed by atoms with E-state index in [0.29, 0.717) is 21.5 Å². The molecule has 0 aliphatic heterocycles. The molecule has 0 bridgehead atoms. The van der Waals surface area contributed by atoms with E-state index in [9.17, 15) is 9.59 Å². The Bertz CT molecular complexity index is 1380. The van der Waals surface area contributed by atoms with E-state index in [1.54, 1.807) is 19.3 Å². The Morgan fingerprint density at radius 2 is 2.00 bits per heavy atom. The number of thiophene rings is 1. The molecular formula is C25H23N5O2S2. The minimum atomic E-state index is -0.172. The number of benzene rings is 1. The summed E-state index contributed by atoms with van der Waals surface area (Å²) in [5.74, 6) is 0.646. The molecular weight excluding hydrogens is 466 g/mol. The lowest BCUT2D eigenvalue weighted by Crippen LogP contribution is -2.15. The molecule has 3 aromatic heterocycles. The van der Waals surface area contributed by atoms with Crippen LogP contribution in [0.3, 0.4) is 0 Å². The van der Waals surface area contributed by atoms with E-state index in [-0.39, 0.29) is 17.4 Å². The van der Waals surface area contributed by atoms with Crippen LogP contribution in [0.1, 0.15) is 39.7 Å². The molecule has 1 aliphatic carbocycles. The lowest BCUT2D eigenvalue weighted by Gasteiger charge is -2.12. The first-order valence-electron chi connectivity index (χ1n) is 11.0. The molecule has 0 atom stereocenters. The molecule has 7 nitrogen and oxygen atoms in total. The van der Waals surface area contributed by atoms with Crippen LogP contribution in [0.5, 0.6) is 0 Å². The molecule has 0 fully saturated rings. The van der Waals surface area contributed by atoms with Crippen molar-refractivity contribution in [3.8, 4) is 17.1 Å². The maximum atomic E-state index is 12.9. The Morgan fingerprint density at radius 1 is 1.15 bits per heavy atom. The first-order valence-corrected chi connectivity index (χ1v) is 12.8. The number of pyridine rings is 1. The molecule has 0 unspecified atom stereocenters. The molecule has 3 heterocycles. The Kier molecular flexibility index (Phi) is 6.30. The minimum Gasteiger partial charge on any atom is -0.316 e. The van der Waals surface area contributed by atoms with Gasteiger partial charge in [0.25, 0.3) is 0 Å². The van der Waals surface area contributed by atoms with Gasteiger partial charge < -0.3 is 5.32 Å². The Morgan fingerprint density at radius 3 is 2.76 bits per heavy atom. The van der Waals surface area contributed by atoms with Crippen LogP contribution in [0.2, 0.25) is 0 Å². The SMILES string of the molecule is CC(=O)c1c(NC(=O)CSc2nnc(-c3cccnc3)n2-c2ccccc2C)sc2c1CCC2. The second kappa shape index (κ2) is 9.52. The number of nitrogens with one attached hydrogen (secondary N) is 1. The van der Waals surface area contributed by atoms with E-state index in [1.165, 1.54) is 28.0 Å². The number of aryl methyl sites for hydroxylation is 2. The third-order valence-corrected chi connectivity index (χ3v) is 7.90. The van der Waals surface area contributed by atoms with Gasteiger partial charge in [0.05, 0.1) is 17.0 Å². The predicted molar refractivity (Wildman–Crippen MR) is 135 cm³/mol.